The van der Waals surface area contributed by atoms with Crippen molar-refractivity contribution in [2.24, 2.45) is 5.73 Å². The van der Waals surface area contributed by atoms with Crippen molar-refractivity contribution in [2.45, 2.75) is 31.1 Å². The Morgan fingerprint density at radius 1 is 0.973 bits per heavy atom. The van der Waals surface area contributed by atoms with Crippen LogP contribution in [0, 0.1) is 0 Å². The number of nitrogens with two attached hydrogens (primary N) is 2. The average molecular weight is 537 g/mol. The van der Waals surface area contributed by atoms with Crippen LogP contribution in [0.3, 0.4) is 0 Å². The summed E-state index contributed by atoms with van der Waals surface area (Å²) in [6.45, 7) is 0.434. The van der Waals surface area contributed by atoms with Crippen molar-refractivity contribution in [2.75, 3.05) is 40.7 Å². The molecule has 0 aliphatic heterocycles. The normalized spacial score (nSPS) is 12.2. The molecule has 0 heterocycles. The zero-order valence-corrected chi connectivity index (χ0v) is 22.4. The molecule has 2 aromatic carbocycles. The van der Waals surface area contributed by atoms with Gasteiger partial charge in [-0.1, -0.05) is 12.5 Å². The second kappa shape index (κ2) is 14.3. The molecule has 0 aromatic heterocycles. The van der Waals surface area contributed by atoms with E-state index in [9.17, 15) is 13.2 Å². The zero-order chi connectivity index (χ0) is 27.4. The van der Waals surface area contributed by atoms with Crippen LogP contribution in [0.1, 0.15) is 30.4 Å². The Balaban J connectivity index is 2.18. The molecule has 0 spiro atoms. The predicted molar refractivity (Wildman–Crippen MR) is 143 cm³/mol. The van der Waals surface area contributed by atoms with E-state index in [-0.39, 0.29) is 12.2 Å². The first-order valence-corrected chi connectivity index (χ1v) is 13.2. The summed E-state index contributed by atoms with van der Waals surface area (Å²) >= 11 is 0. The minimum absolute atomic E-state index is 0.274. The first kappa shape index (κ1) is 29.7. The lowest BCUT2D eigenvalue weighted by Crippen LogP contribution is -2.45. The minimum atomic E-state index is -3.88. The molecule has 0 aliphatic carbocycles. The van der Waals surface area contributed by atoms with E-state index in [0.29, 0.717) is 59.2 Å². The van der Waals surface area contributed by atoms with E-state index in [1.54, 1.807) is 30.3 Å². The van der Waals surface area contributed by atoms with Gasteiger partial charge < -0.3 is 35.7 Å². The Hall–Kier alpha value is -3.48. The first-order valence-electron chi connectivity index (χ1n) is 11.6. The molecule has 0 saturated carbocycles. The molecule has 11 nitrogen and oxygen atoms in total. The van der Waals surface area contributed by atoms with E-state index in [1.807, 2.05) is 0 Å². The molecule has 0 fully saturated rings. The number of nitrogens with one attached hydrogen (secondary N) is 2. The maximum atomic E-state index is 13.0. The van der Waals surface area contributed by atoms with Gasteiger partial charge in [-0.05, 0) is 43.2 Å². The van der Waals surface area contributed by atoms with Gasteiger partial charge in [0.2, 0.25) is 15.9 Å². The molecule has 1 amide bonds. The van der Waals surface area contributed by atoms with Crippen LogP contribution in [-0.4, -0.2) is 55.4 Å². The number of anilines is 1. The second-order valence-corrected chi connectivity index (χ2v) is 9.83. The van der Waals surface area contributed by atoms with Crippen LogP contribution >= 0.6 is 0 Å². The number of unbranched alkanes of at least 4 members (excludes halogenated alkanes) is 1. The molecule has 6 N–H and O–H groups in total. The molecule has 12 heteroatoms. The summed E-state index contributed by atoms with van der Waals surface area (Å²) in [7, 11) is 2.13. The predicted octanol–water partition coefficient (Wildman–Crippen LogP) is 2.01. The van der Waals surface area contributed by atoms with Crippen molar-refractivity contribution in [3.63, 3.8) is 0 Å². The molecule has 0 unspecified atom stereocenters. The quantitative estimate of drug-likeness (QED) is 0.197. The molecule has 0 bridgehead atoms. The number of amides is 1. The van der Waals surface area contributed by atoms with Gasteiger partial charge in [0.15, 0.2) is 0 Å². The zero-order valence-electron chi connectivity index (χ0n) is 21.6. The SMILES string of the molecule is COc1cc(OC)c(C=CNC(=O)[C@H](CCCCN)NS(=O)(=O)Cc2ccc(OC)c(N)c2)c(OC)c1. The number of carbonyl (C=O) groups is 1. The van der Waals surface area contributed by atoms with Crippen LogP contribution in [0.5, 0.6) is 23.0 Å². The lowest BCUT2D eigenvalue weighted by atomic mass is 10.1. The molecule has 0 radical (unpaired) electrons. The van der Waals surface area contributed by atoms with E-state index in [4.69, 9.17) is 30.4 Å². The number of sulfonamides is 1. The number of ether oxygens (including phenoxy) is 4. The number of carbonyl (C=O) groups excluding carboxylic acids is 1. The van der Waals surface area contributed by atoms with Gasteiger partial charge in [-0.2, -0.15) is 0 Å². The Kier molecular flexibility index (Phi) is 11.5. The summed E-state index contributed by atoms with van der Waals surface area (Å²) in [5.41, 5.74) is 12.8. The molecular formula is C25H36N4O7S. The maximum Gasteiger partial charge on any atom is 0.242 e. The average Bonchev–Trinajstić information content (AvgIpc) is 2.87. The third-order valence-electron chi connectivity index (χ3n) is 5.46. The van der Waals surface area contributed by atoms with Crippen molar-refractivity contribution in [3.8, 4) is 23.0 Å². The fraction of sp³-hybridized carbons (Fsp3) is 0.400. The van der Waals surface area contributed by atoms with Gasteiger partial charge in [0.05, 0.1) is 45.4 Å². The van der Waals surface area contributed by atoms with Gasteiger partial charge in [0.25, 0.3) is 0 Å². The van der Waals surface area contributed by atoms with Crippen LogP contribution in [-0.2, 0) is 20.6 Å². The van der Waals surface area contributed by atoms with E-state index in [0.717, 1.165) is 0 Å². The summed E-state index contributed by atoms with van der Waals surface area (Å²) in [4.78, 5) is 13.0. The van der Waals surface area contributed by atoms with E-state index < -0.39 is 22.0 Å². The fourth-order valence-corrected chi connectivity index (χ4v) is 4.95. The highest BCUT2D eigenvalue weighted by Gasteiger charge is 2.24. The van der Waals surface area contributed by atoms with Gasteiger partial charge >= 0.3 is 0 Å². The number of nitrogen functional groups attached to an aromatic ring is 1. The maximum absolute atomic E-state index is 13.0. The molecule has 0 aliphatic rings. The van der Waals surface area contributed by atoms with Crippen LogP contribution in [0.25, 0.3) is 6.08 Å². The Bertz CT molecular complexity index is 1160. The summed E-state index contributed by atoms with van der Waals surface area (Å²) in [6, 6.07) is 7.09. The molecule has 2 aromatic rings. The van der Waals surface area contributed by atoms with E-state index in [2.05, 4.69) is 10.0 Å². The fourth-order valence-electron chi connectivity index (χ4n) is 3.59. The van der Waals surface area contributed by atoms with Crippen molar-refractivity contribution in [3.05, 3.63) is 47.7 Å². The standard InChI is InChI=1S/C25H36N4O7S/c1-33-18-14-23(35-3)19(24(15-18)36-4)10-12-28-25(30)21(7-5-6-11-26)29-37(31,32)16-17-8-9-22(34-2)20(27)13-17/h8-10,12-15,21,29H,5-7,11,16,26-27H2,1-4H3,(H,28,30)/t21-/m0/s1. The third-order valence-corrected chi connectivity index (χ3v) is 6.82. The topological polar surface area (TPSA) is 164 Å². The van der Waals surface area contributed by atoms with Gasteiger partial charge in [-0.25, -0.2) is 13.1 Å². The van der Waals surface area contributed by atoms with Gasteiger partial charge in [0.1, 0.15) is 29.0 Å². The van der Waals surface area contributed by atoms with Gasteiger partial charge in [-0.3, -0.25) is 4.79 Å². The number of rotatable bonds is 15. The van der Waals surface area contributed by atoms with Gasteiger partial charge in [-0.15, -0.1) is 0 Å². The smallest absolute Gasteiger partial charge is 0.242 e. The van der Waals surface area contributed by atoms with E-state index >= 15 is 0 Å². The molecule has 0 saturated heterocycles. The highest BCUT2D eigenvalue weighted by Crippen LogP contribution is 2.34. The van der Waals surface area contributed by atoms with Gasteiger partial charge in [0, 0.05) is 18.3 Å². The second-order valence-electron chi connectivity index (χ2n) is 8.08. The highest BCUT2D eigenvalue weighted by molar-refractivity contribution is 7.88. The molecule has 2 rings (SSSR count). The monoisotopic (exact) mass is 536 g/mol. The number of methoxy groups -OCH3 is 4. The van der Waals surface area contributed by atoms with E-state index in [1.165, 1.54) is 40.7 Å². The van der Waals surface area contributed by atoms with Crippen molar-refractivity contribution >= 4 is 27.7 Å². The largest absolute Gasteiger partial charge is 0.496 e. The van der Waals surface area contributed by atoms with Crippen LogP contribution in [0.15, 0.2) is 36.5 Å². The Morgan fingerprint density at radius 3 is 2.16 bits per heavy atom. The van der Waals surface area contributed by atoms with Crippen LogP contribution in [0.4, 0.5) is 5.69 Å². The highest BCUT2D eigenvalue weighted by atomic mass is 32.2. The lowest BCUT2D eigenvalue weighted by molar-refractivity contribution is -0.121. The third kappa shape index (κ3) is 8.85. The first-order chi connectivity index (χ1) is 17.7. The Morgan fingerprint density at radius 2 is 1.62 bits per heavy atom. The molecular weight excluding hydrogens is 500 g/mol. The summed E-state index contributed by atoms with van der Waals surface area (Å²) < 4.78 is 49.4. The number of hydrogen-bond acceptors (Lipinski definition) is 9. The summed E-state index contributed by atoms with van der Waals surface area (Å²) in [5.74, 6) is 1.07. The van der Waals surface area contributed by atoms with Crippen molar-refractivity contribution in [1.82, 2.24) is 10.0 Å². The summed E-state index contributed by atoms with van der Waals surface area (Å²) in [5, 5.41) is 2.64. The minimum Gasteiger partial charge on any atom is -0.496 e. The van der Waals surface area contributed by atoms with Crippen LogP contribution in [0.2, 0.25) is 0 Å². The Labute approximate surface area is 218 Å². The van der Waals surface area contributed by atoms with Crippen molar-refractivity contribution in [1.29, 1.82) is 0 Å². The van der Waals surface area contributed by atoms with Crippen LogP contribution < -0.4 is 40.5 Å². The van der Waals surface area contributed by atoms with Crippen molar-refractivity contribution < 1.29 is 32.2 Å². The molecule has 1 atom stereocenters. The summed E-state index contributed by atoms with van der Waals surface area (Å²) in [6.07, 6.45) is 4.49. The number of benzene rings is 2. The lowest BCUT2D eigenvalue weighted by Gasteiger charge is -2.18. The molecule has 37 heavy (non-hydrogen) atoms. The number of hydrogen-bond donors (Lipinski definition) is 4. The molecule has 204 valence electrons.